The lowest BCUT2D eigenvalue weighted by Gasteiger charge is -2.15. The van der Waals surface area contributed by atoms with Crippen molar-refractivity contribution in [2.24, 2.45) is 0 Å². The monoisotopic (exact) mass is 517 g/mol. The Labute approximate surface area is 220 Å². The Balaban J connectivity index is 1.40. The van der Waals surface area contributed by atoms with Gasteiger partial charge in [-0.2, -0.15) is 0 Å². The zero-order chi connectivity index (χ0) is 27.2. The van der Waals surface area contributed by atoms with Gasteiger partial charge in [-0.3, -0.25) is 4.79 Å². The Bertz CT molecular complexity index is 1510. The van der Waals surface area contributed by atoms with Gasteiger partial charge in [-0.1, -0.05) is 30.3 Å². The number of aromatic nitrogens is 2. The number of hydrogen-bond donors (Lipinski definition) is 2. The first-order chi connectivity index (χ1) is 18.2. The van der Waals surface area contributed by atoms with Crippen molar-refractivity contribution in [1.29, 1.82) is 0 Å². The lowest BCUT2D eigenvalue weighted by molar-refractivity contribution is -0.123. The highest BCUT2D eigenvalue weighted by Crippen LogP contribution is 2.31. The number of benzene rings is 3. The highest BCUT2D eigenvalue weighted by Gasteiger charge is 2.11. The number of nitrogens with zero attached hydrogens (tertiary/aromatic N) is 1. The van der Waals surface area contributed by atoms with Crippen LogP contribution in [0.25, 0.3) is 11.1 Å². The Hall–Kier alpha value is -4.53. The van der Waals surface area contributed by atoms with Crippen LogP contribution in [-0.4, -0.2) is 28.3 Å². The first kappa shape index (κ1) is 26.5. The van der Waals surface area contributed by atoms with Crippen LogP contribution in [0, 0.1) is 13.8 Å². The topological polar surface area (TPSA) is 116 Å². The fourth-order valence-corrected chi connectivity index (χ4v) is 4.23. The number of hydrogen-bond acceptors (Lipinski definition) is 6. The second-order valence-electron chi connectivity index (χ2n) is 9.42. The molecule has 0 bridgehead atoms. The number of carbonyl (C=O) groups is 1. The van der Waals surface area contributed by atoms with Gasteiger partial charge in [0.05, 0.1) is 6.54 Å². The summed E-state index contributed by atoms with van der Waals surface area (Å²) in [7, 11) is 0. The molecule has 0 aliphatic rings. The van der Waals surface area contributed by atoms with Gasteiger partial charge in [0.25, 0.3) is 5.91 Å². The number of aryl methyl sites for hydroxylation is 2. The van der Waals surface area contributed by atoms with Crippen molar-refractivity contribution in [2.45, 2.75) is 46.9 Å². The van der Waals surface area contributed by atoms with Gasteiger partial charge < -0.3 is 19.3 Å². The van der Waals surface area contributed by atoms with Gasteiger partial charge in [0.15, 0.2) is 6.61 Å². The second-order valence-corrected chi connectivity index (χ2v) is 9.42. The molecule has 1 aromatic heterocycles. The molecule has 0 saturated carbocycles. The molecule has 9 nitrogen and oxygen atoms in total. The summed E-state index contributed by atoms with van der Waals surface area (Å²) in [6, 6.07) is 19.4. The SMILES string of the molecule is Cc1cc(OCC(=O)NC(C)C)cc(C)c1-c1cccc(COc2ccc(Cn3oc(=O)[nH]c3=O)cc2)c1. The standard InChI is InChI=1S/C29H31N3O6/c1-18(2)30-26(33)17-37-25-12-19(3)27(20(4)13-25)23-7-5-6-22(14-23)16-36-24-10-8-21(9-11-24)15-32-28(34)31-29(35)38-32/h5-14,18H,15-17H2,1-4H3,(H,30,33)(H,31,34,35). The van der Waals surface area contributed by atoms with Crippen LogP contribution in [0.4, 0.5) is 0 Å². The predicted octanol–water partition coefficient (Wildman–Crippen LogP) is 3.94. The van der Waals surface area contributed by atoms with Gasteiger partial charge in [0.1, 0.15) is 18.1 Å². The number of aromatic amines is 1. The highest BCUT2D eigenvalue weighted by molar-refractivity contribution is 5.78. The van der Waals surface area contributed by atoms with E-state index in [4.69, 9.17) is 14.0 Å². The molecule has 4 rings (SSSR count). The quantitative estimate of drug-likeness (QED) is 0.329. The van der Waals surface area contributed by atoms with Crippen molar-refractivity contribution in [2.75, 3.05) is 6.61 Å². The number of carbonyl (C=O) groups excluding carboxylic acids is 1. The molecular formula is C29H31N3O6. The van der Waals surface area contributed by atoms with E-state index in [1.807, 2.05) is 76.2 Å². The van der Waals surface area contributed by atoms with Gasteiger partial charge in [0, 0.05) is 6.04 Å². The van der Waals surface area contributed by atoms with Crippen molar-refractivity contribution in [1.82, 2.24) is 15.0 Å². The van der Waals surface area contributed by atoms with E-state index in [-0.39, 0.29) is 25.1 Å². The van der Waals surface area contributed by atoms with Gasteiger partial charge in [-0.15, -0.1) is 4.74 Å². The van der Waals surface area contributed by atoms with E-state index in [9.17, 15) is 14.4 Å². The molecular weight excluding hydrogens is 486 g/mol. The van der Waals surface area contributed by atoms with E-state index in [0.717, 1.165) is 38.1 Å². The molecule has 0 spiro atoms. The van der Waals surface area contributed by atoms with E-state index in [1.54, 1.807) is 0 Å². The smallest absolute Gasteiger partial charge is 0.440 e. The summed E-state index contributed by atoms with van der Waals surface area (Å²) in [5.74, 6) is 0.413. The summed E-state index contributed by atoms with van der Waals surface area (Å²) in [6.45, 7) is 8.38. The molecule has 9 heteroatoms. The van der Waals surface area contributed by atoms with E-state index in [0.29, 0.717) is 18.1 Å². The van der Waals surface area contributed by atoms with Crippen LogP contribution in [0.5, 0.6) is 11.5 Å². The first-order valence-corrected chi connectivity index (χ1v) is 12.3. The maximum Gasteiger partial charge on any atom is 0.440 e. The largest absolute Gasteiger partial charge is 0.489 e. The lowest BCUT2D eigenvalue weighted by atomic mass is 9.94. The third-order valence-corrected chi connectivity index (χ3v) is 5.83. The van der Waals surface area contributed by atoms with Gasteiger partial charge >= 0.3 is 11.4 Å². The molecule has 4 aromatic rings. The summed E-state index contributed by atoms with van der Waals surface area (Å²) in [6.07, 6.45) is 0. The molecule has 1 amide bonds. The lowest BCUT2D eigenvalue weighted by Crippen LogP contribution is -2.34. The first-order valence-electron chi connectivity index (χ1n) is 12.3. The molecule has 0 fully saturated rings. The zero-order valence-corrected chi connectivity index (χ0v) is 21.9. The van der Waals surface area contributed by atoms with Crippen LogP contribution in [-0.2, 0) is 17.9 Å². The van der Waals surface area contributed by atoms with E-state index in [2.05, 4.69) is 22.4 Å². The fraction of sp³-hybridized carbons (Fsp3) is 0.276. The third kappa shape index (κ3) is 6.82. The normalized spacial score (nSPS) is 11.0. The summed E-state index contributed by atoms with van der Waals surface area (Å²) in [5.41, 5.74) is 5.50. The molecule has 198 valence electrons. The second kappa shape index (κ2) is 11.7. The average Bonchev–Trinajstić information content (AvgIpc) is 3.18. The minimum absolute atomic E-state index is 0.0226. The molecule has 0 atom stereocenters. The molecule has 0 aliphatic carbocycles. The summed E-state index contributed by atoms with van der Waals surface area (Å²) in [5, 5.41) is 2.82. The maximum atomic E-state index is 11.9. The number of ether oxygens (including phenoxy) is 2. The van der Waals surface area contributed by atoms with Crippen molar-refractivity contribution >= 4 is 5.91 Å². The Morgan fingerprint density at radius 3 is 2.29 bits per heavy atom. The molecule has 0 aliphatic heterocycles. The molecule has 0 saturated heterocycles. The summed E-state index contributed by atoms with van der Waals surface area (Å²) >= 11 is 0. The molecule has 38 heavy (non-hydrogen) atoms. The van der Waals surface area contributed by atoms with Crippen LogP contribution in [0.3, 0.4) is 0 Å². The Morgan fingerprint density at radius 2 is 1.66 bits per heavy atom. The van der Waals surface area contributed by atoms with Crippen molar-refractivity contribution in [3.63, 3.8) is 0 Å². The van der Waals surface area contributed by atoms with Crippen LogP contribution in [0.15, 0.2) is 74.8 Å². The van der Waals surface area contributed by atoms with E-state index >= 15 is 0 Å². The maximum absolute atomic E-state index is 11.9. The third-order valence-electron chi connectivity index (χ3n) is 5.83. The predicted molar refractivity (Wildman–Crippen MR) is 144 cm³/mol. The summed E-state index contributed by atoms with van der Waals surface area (Å²) < 4.78 is 17.4. The number of H-pyrrole nitrogens is 1. The van der Waals surface area contributed by atoms with Gasteiger partial charge in [-0.25, -0.2) is 14.6 Å². The minimum Gasteiger partial charge on any atom is -0.489 e. The van der Waals surface area contributed by atoms with Crippen molar-refractivity contribution < 1.29 is 18.8 Å². The van der Waals surface area contributed by atoms with E-state index in [1.165, 1.54) is 0 Å². The average molecular weight is 518 g/mol. The van der Waals surface area contributed by atoms with Crippen LogP contribution < -0.4 is 26.2 Å². The zero-order valence-electron chi connectivity index (χ0n) is 21.9. The molecule has 2 N–H and O–H groups in total. The minimum atomic E-state index is -0.780. The van der Waals surface area contributed by atoms with Crippen LogP contribution in [0.1, 0.15) is 36.1 Å². The van der Waals surface area contributed by atoms with Crippen LogP contribution >= 0.6 is 0 Å². The Morgan fingerprint density at radius 1 is 0.947 bits per heavy atom. The number of amides is 1. The van der Waals surface area contributed by atoms with Crippen molar-refractivity contribution in [3.05, 3.63) is 104 Å². The molecule has 1 heterocycles. The molecule has 0 radical (unpaired) electrons. The van der Waals surface area contributed by atoms with Crippen molar-refractivity contribution in [3.8, 4) is 22.6 Å². The highest BCUT2D eigenvalue weighted by atomic mass is 16.5. The molecule has 0 unspecified atom stereocenters. The molecule has 3 aromatic carbocycles. The van der Waals surface area contributed by atoms with Crippen LogP contribution in [0.2, 0.25) is 0 Å². The van der Waals surface area contributed by atoms with Gasteiger partial charge in [-0.05, 0) is 91.4 Å². The van der Waals surface area contributed by atoms with Gasteiger partial charge in [0.2, 0.25) is 0 Å². The fourth-order valence-electron chi connectivity index (χ4n) is 4.23. The number of nitrogens with one attached hydrogen (secondary N) is 2. The summed E-state index contributed by atoms with van der Waals surface area (Å²) in [4.78, 5) is 36.7. The number of rotatable bonds is 10. The Kier molecular flexibility index (Phi) is 8.15. The van der Waals surface area contributed by atoms with E-state index < -0.39 is 11.4 Å².